The summed E-state index contributed by atoms with van der Waals surface area (Å²) >= 11 is 0. The monoisotopic (exact) mass is 408 g/mol. The highest BCUT2D eigenvalue weighted by Gasteiger charge is 2.44. The van der Waals surface area contributed by atoms with Crippen molar-refractivity contribution < 1.29 is 27.8 Å². The molecular formula is C21H23F3N2O3. The maximum absolute atomic E-state index is 13.3. The third-order valence-corrected chi connectivity index (χ3v) is 6.01. The van der Waals surface area contributed by atoms with Crippen molar-refractivity contribution in [1.82, 2.24) is 9.47 Å². The molecule has 8 heteroatoms. The molecule has 4 rings (SSSR count). The summed E-state index contributed by atoms with van der Waals surface area (Å²) in [7, 11) is 0. The number of aliphatic hydroxyl groups is 1. The van der Waals surface area contributed by atoms with Crippen molar-refractivity contribution in [3.8, 4) is 5.75 Å². The average molecular weight is 408 g/mol. The zero-order valence-corrected chi connectivity index (χ0v) is 16.0. The number of aliphatic hydroxyl groups excluding tert-OH is 1. The molecule has 0 radical (unpaired) electrons. The van der Waals surface area contributed by atoms with Gasteiger partial charge in [0.25, 0.3) is 5.91 Å². The first-order chi connectivity index (χ1) is 13.8. The number of likely N-dealkylation sites (tertiary alicyclic amines) is 1. The summed E-state index contributed by atoms with van der Waals surface area (Å²) in [6.45, 7) is -0.367. The van der Waals surface area contributed by atoms with Crippen LogP contribution < -0.4 is 4.74 Å². The third-order valence-electron chi connectivity index (χ3n) is 6.01. The Kier molecular flexibility index (Phi) is 5.29. The summed E-state index contributed by atoms with van der Waals surface area (Å²) in [5.41, 5.74) is 0.318. The fourth-order valence-electron chi connectivity index (χ4n) is 4.52. The minimum absolute atomic E-state index is 0.0178. The van der Waals surface area contributed by atoms with Crippen LogP contribution in [-0.2, 0) is 0 Å². The number of aryl methyl sites for hydroxylation is 1. The number of benzene rings is 1. The normalized spacial score (nSPS) is 26.6. The number of carbonyl (C=O) groups excluding carboxylic acids is 1. The quantitative estimate of drug-likeness (QED) is 0.841. The number of amides is 1. The minimum Gasteiger partial charge on any atom is -0.488 e. The van der Waals surface area contributed by atoms with E-state index < -0.39 is 24.7 Å². The topological polar surface area (TPSA) is 54.7 Å². The van der Waals surface area contributed by atoms with Gasteiger partial charge in [-0.05, 0) is 68.0 Å². The van der Waals surface area contributed by atoms with E-state index in [1.807, 2.05) is 0 Å². The van der Waals surface area contributed by atoms with Gasteiger partial charge in [0.1, 0.15) is 23.4 Å². The van der Waals surface area contributed by atoms with E-state index in [4.69, 9.17) is 4.74 Å². The molecule has 5 nitrogen and oxygen atoms in total. The molecule has 0 spiro atoms. The third kappa shape index (κ3) is 3.85. The minimum atomic E-state index is -2.77. The largest absolute Gasteiger partial charge is 0.488 e. The Morgan fingerprint density at radius 3 is 2.41 bits per heavy atom. The lowest BCUT2D eigenvalue weighted by molar-refractivity contribution is -0.0231. The Balaban J connectivity index is 1.44. The highest BCUT2D eigenvalue weighted by Crippen LogP contribution is 2.38. The van der Waals surface area contributed by atoms with Crippen LogP contribution in [0, 0.1) is 24.6 Å². The number of fused-ring (bicyclic) bond motifs is 1. The number of carbonyl (C=O) groups is 1. The van der Waals surface area contributed by atoms with Crippen LogP contribution in [0.1, 0.15) is 35.6 Å². The molecule has 1 N–H and O–H groups in total. The highest BCUT2D eigenvalue weighted by atomic mass is 19.3. The van der Waals surface area contributed by atoms with Crippen molar-refractivity contribution in [3.05, 3.63) is 53.6 Å². The Bertz CT molecular complexity index is 884. The second-order valence-electron chi connectivity index (χ2n) is 7.89. The lowest BCUT2D eigenvalue weighted by Gasteiger charge is -2.35. The Hall–Kier alpha value is -2.48. The molecule has 156 valence electrons. The summed E-state index contributed by atoms with van der Waals surface area (Å²) in [5.74, 6) is -0.0966. The van der Waals surface area contributed by atoms with Crippen LogP contribution in [0.3, 0.4) is 0 Å². The van der Waals surface area contributed by atoms with Gasteiger partial charge in [0.2, 0.25) is 0 Å². The number of alkyl halides is 2. The Labute approximate surface area is 166 Å². The van der Waals surface area contributed by atoms with Crippen LogP contribution in [-0.4, -0.2) is 45.8 Å². The summed E-state index contributed by atoms with van der Waals surface area (Å²) in [6, 6.07) is 8.56. The van der Waals surface area contributed by atoms with Crippen molar-refractivity contribution in [2.24, 2.45) is 11.8 Å². The van der Waals surface area contributed by atoms with E-state index in [2.05, 4.69) is 0 Å². The van der Waals surface area contributed by atoms with Gasteiger partial charge in [0.15, 0.2) is 0 Å². The number of ether oxygens (including phenoxy) is 1. The maximum Gasteiger partial charge on any atom is 0.319 e. The molecule has 1 aliphatic heterocycles. The molecule has 29 heavy (non-hydrogen) atoms. The van der Waals surface area contributed by atoms with Crippen LogP contribution in [0.4, 0.5) is 13.2 Å². The molecule has 4 atom stereocenters. The second kappa shape index (κ2) is 7.74. The van der Waals surface area contributed by atoms with Crippen molar-refractivity contribution >= 4 is 5.91 Å². The summed E-state index contributed by atoms with van der Waals surface area (Å²) < 4.78 is 46.3. The molecule has 2 aromatic rings. The number of hydrogen-bond donors (Lipinski definition) is 1. The van der Waals surface area contributed by atoms with E-state index in [1.165, 1.54) is 36.4 Å². The molecular weight excluding hydrogens is 385 g/mol. The summed E-state index contributed by atoms with van der Waals surface area (Å²) in [5, 5.41) is 10.5. The Morgan fingerprint density at radius 1 is 1.10 bits per heavy atom. The average Bonchev–Trinajstić information content (AvgIpc) is 3.26. The molecule has 2 aliphatic rings. The SMILES string of the molecule is Cc1ccc(C(=O)N2C[C@H]3C[C@@H](Oc4ccc(F)cc4)[C@H](O)C[C@H]3C2)n1C(F)F. The summed E-state index contributed by atoms with van der Waals surface area (Å²) in [4.78, 5) is 14.5. The summed E-state index contributed by atoms with van der Waals surface area (Å²) in [6.07, 6.45) is -0.149. The fraction of sp³-hybridized carbons (Fsp3) is 0.476. The van der Waals surface area contributed by atoms with Crippen molar-refractivity contribution in [3.63, 3.8) is 0 Å². The van der Waals surface area contributed by atoms with E-state index in [0.717, 1.165) is 4.57 Å². The molecule has 1 saturated carbocycles. The molecule has 1 amide bonds. The molecule has 2 fully saturated rings. The van der Waals surface area contributed by atoms with Crippen LogP contribution in [0.15, 0.2) is 36.4 Å². The van der Waals surface area contributed by atoms with Gasteiger partial charge in [-0.2, -0.15) is 8.78 Å². The van der Waals surface area contributed by atoms with E-state index >= 15 is 0 Å². The number of nitrogens with zero attached hydrogens (tertiary/aromatic N) is 2. The first kappa shape index (κ1) is 19.8. The van der Waals surface area contributed by atoms with Crippen molar-refractivity contribution in [1.29, 1.82) is 0 Å². The molecule has 1 aromatic carbocycles. The first-order valence-corrected chi connectivity index (χ1v) is 9.69. The highest BCUT2D eigenvalue weighted by molar-refractivity contribution is 5.93. The Morgan fingerprint density at radius 2 is 1.76 bits per heavy atom. The van der Waals surface area contributed by atoms with E-state index in [0.29, 0.717) is 37.4 Å². The van der Waals surface area contributed by atoms with Crippen molar-refractivity contribution in [2.75, 3.05) is 13.1 Å². The van der Waals surface area contributed by atoms with Crippen LogP contribution in [0.2, 0.25) is 0 Å². The standard InChI is InChI=1S/C21H23F3N2O3/c1-12-2-7-17(26(12)21(23)24)20(28)25-10-13-8-18(27)19(9-14(13)11-25)29-16-5-3-15(22)4-6-16/h2-7,13-14,18-19,21,27H,8-11H2,1H3/t13-,14+,18+,19+/m0/s1. The van der Waals surface area contributed by atoms with Gasteiger partial charge in [-0.1, -0.05) is 0 Å². The zero-order chi connectivity index (χ0) is 20.7. The lowest BCUT2D eigenvalue weighted by Crippen LogP contribution is -2.42. The molecule has 0 unspecified atom stereocenters. The zero-order valence-electron chi connectivity index (χ0n) is 16.0. The number of rotatable bonds is 4. The van der Waals surface area contributed by atoms with Gasteiger partial charge >= 0.3 is 6.55 Å². The van der Waals surface area contributed by atoms with E-state index in [9.17, 15) is 23.1 Å². The maximum atomic E-state index is 13.3. The van der Waals surface area contributed by atoms with Gasteiger partial charge < -0.3 is 14.7 Å². The lowest BCUT2D eigenvalue weighted by atomic mass is 9.78. The molecule has 1 saturated heterocycles. The molecule has 0 bridgehead atoms. The first-order valence-electron chi connectivity index (χ1n) is 9.69. The predicted molar refractivity (Wildman–Crippen MR) is 99.4 cm³/mol. The van der Waals surface area contributed by atoms with Crippen LogP contribution >= 0.6 is 0 Å². The number of hydrogen-bond acceptors (Lipinski definition) is 3. The van der Waals surface area contributed by atoms with E-state index in [1.54, 1.807) is 11.8 Å². The molecule has 1 aliphatic carbocycles. The van der Waals surface area contributed by atoms with E-state index in [-0.39, 0.29) is 23.3 Å². The van der Waals surface area contributed by atoms with Crippen LogP contribution in [0.25, 0.3) is 0 Å². The number of aromatic nitrogens is 1. The second-order valence-corrected chi connectivity index (χ2v) is 7.89. The van der Waals surface area contributed by atoms with Gasteiger partial charge in [-0.25, -0.2) is 4.39 Å². The fourth-order valence-corrected chi connectivity index (χ4v) is 4.52. The van der Waals surface area contributed by atoms with Gasteiger partial charge in [-0.3, -0.25) is 9.36 Å². The number of halogens is 3. The van der Waals surface area contributed by atoms with Crippen molar-refractivity contribution in [2.45, 2.75) is 38.5 Å². The van der Waals surface area contributed by atoms with Gasteiger partial charge in [0, 0.05) is 18.8 Å². The molecule has 1 aromatic heterocycles. The van der Waals surface area contributed by atoms with Gasteiger partial charge in [0.05, 0.1) is 6.10 Å². The predicted octanol–water partition coefficient (Wildman–Crippen LogP) is 3.62. The molecule has 2 heterocycles. The van der Waals surface area contributed by atoms with Crippen LogP contribution in [0.5, 0.6) is 5.75 Å². The van der Waals surface area contributed by atoms with Gasteiger partial charge in [-0.15, -0.1) is 0 Å². The smallest absolute Gasteiger partial charge is 0.319 e.